The van der Waals surface area contributed by atoms with E-state index in [1.165, 1.54) is 4.90 Å². The Balaban J connectivity index is 1.95. The van der Waals surface area contributed by atoms with Gasteiger partial charge in [0.15, 0.2) is 0 Å². The van der Waals surface area contributed by atoms with Crippen LogP contribution in [0.1, 0.15) is 39.5 Å². The van der Waals surface area contributed by atoms with Crippen molar-refractivity contribution in [1.29, 1.82) is 0 Å². The van der Waals surface area contributed by atoms with Gasteiger partial charge in [0.1, 0.15) is 0 Å². The van der Waals surface area contributed by atoms with Crippen molar-refractivity contribution in [3.63, 3.8) is 0 Å². The Hall–Kier alpha value is -1.43. The van der Waals surface area contributed by atoms with Gasteiger partial charge in [-0.25, -0.2) is 0 Å². The summed E-state index contributed by atoms with van der Waals surface area (Å²) in [6, 6.07) is -1.86. The number of amides is 4. The molecule has 0 aliphatic carbocycles. The van der Waals surface area contributed by atoms with E-state index in [-0.39, 0.29) is 37.1 Å². The van der Waals surface area contributed by atoms with Gasteiger partial charge >= 0.3 is 160 Å². The van der Waals surface area contributed by atoms with Crippen molar-refractivity contribution in [1.82, 2.24) is 20.4 Å². The number of ketones is 1. The number of rotatable bonds is 9. The first-order chi connectivity index (χ1) is 14.6. The Morgan fingerprint density at radius 1 is 1.10 bits per heavy atom. The number of carbonyl (C=O) groups excluding carboxylic acids is 4. The van der Waals surface area contributed by atoms with Crippen LogP contribution in [-0.4, -0.2) is 97.2 Å². The Morgan fingerprint density at radius 3 is 2.45 bits per heavy atom. The fourth-order valence-corrected chi connectivity index (χ4v) is 5.76. The molecule has 0 aromatic heterocycles. The first-order valence-electron chi connectivity index (χ1n) is 10.9. The van der Waals surface area contributed by atoms with Crippen LogP contribution in [0, 0.1) is 5.92 Å². The van der Waals surface area contributed by atoms with E-state index in [1.807, 2.05) is 0 Å². The maximum absolute atomic E-state index is 13.3. The molecule has 0 radical (unpaired) electrons. The molecule has 0 aromatic rings. The van der Waals surface area contributed by atoms with Crippen molar-refractivity contribution in [2.75, 3.05) is 40.5 Å². The summed E-state index contributed by atoms with van der Waals surface area (Å²) in [7, 11) is 0. The zero-order chi connectivity index (χ0) is 23.1. The first-order valence-corrected chi connectivity index (χ1v) is 16.7. The number of aliphatic hydroxyl groups is 1. The quantitative estimate of drug-likeness (QED) is 0.286. The van der Waals surface area contributed by atoms with Crippen LogP contribution in [0.25, 0.3) is 0 Å². The molecule has 0 aromatic carbocycles. The summed E-state index contributed by atoms with van der Waals surface area (Å²) in [5.74, 6) is 0.0192. The molecule has 9 nitrogen and oxygen atoms in total. The van der Waals surface area contributed by atoms with Gasteiger partial charge in [0.2, 0.25) is 0 Å². The SMILES string of the molecule is CC(C)CCNC(=O)CNC(=O)N1C[C@@H](O)CC1C(=O)[C@@H]1CCCN1C(=O)CI(C)C. The van der Waals surface area contributed by atoms with Gasteiger partial charge in [-0.15, -0.1) is 0 Å². The van der Waals surface area contributed by atoms with Crippen molar-refractivity contribution in [3.8, 4) is 0 Å². The third-order valence-electron chi connectivity index (χ3n) is 5.60. The van der Waals surface area contributed by atoms with Crippen LogP contribution in [0.15, 0.2) is 0 Å². The van der Waals surface area contributed by atoms with Crippen LogP contribution in [0.2, 0.25) is 0 Å². The third-order valence-corrected chi connectivity index (χ3v) is 7.77. The van der Waals surface area contributed by atoms with Gasteiger partial charge in [0.25, 0.3) is 0 Å². The van der Waals surface area contributed by atoms with Crippen molar-refractivity contribution in [2.24, 2.45) is 5.92 Å². The van der Waals surface area contributed by atoms with Crippen LogP contribution >= 0.6 is 19.8 Å². The van der Waals surface area contributed by atoms with E-state index >= 15 is 0 Å². The standard InChI is InChI=1S/C21H37IN4O5/c1-14(2)7-8-23-18(28)12-24-21(31)26-13-15(27)10-17(26)20(30)16-6-5-9-25(16)19(29)11-22(3)4/h14-17,27H,5-13H2,1-4H3,(H,23,28)(H,24,31)/t15-,16-,17?/m0/s1. The molecule has 178 valence electrons. The van der Waals surface area contributed by atoms with Crippen LogP contribution in [0.4, 0.5) is 4.79 Å². The number of Topliss-reactive ketones (excluding diaryl/α,β-unsaturated/α-hetero) is 1. The van der Waals surface area contributed by atoms with Gasteiger partial charge in [-0.3, -0.25) is 0 Å². The second-order valence-corrected chi connectivity index (χ2v) is 14.9. The molecule has 2 aliphatic heterocycles. The summed E-state index contributed by atoms with van der Waals surface area (Å²) in [6.45, 7) is 5.09. The Bertz CT molecular complexity index is 672. The van der Waals surface area contributed by atoms with Crippen molar-refractivity contribution in [2.45, 2.75) is 57.7 Å². The van der Waals surface area contributed by atoms with E-state index in [0.29, 0.717) is 29.9 Å². The number of β-amino-alcohol motifs (C(OH)–C–C–N with tert-alkyl or cyclic N) is 1. The van der Waals surface area contributed by atoms with Crippen molar-refractivity contribution >= 4 is 43.4 Å². The number of alkyl halides is 3. The minimum atomic E-state index is -1.26. The number of carbonyl (C=O) groups is 4. The number of nitrogens with zero attached hydrogens (tertiary/aromatic N) is 2. The summed E-state index contributed by atoms with van der Waals surface area (Å²) in [5.41, 5.74) is 0. The van der Waals surface area contributed by atoms with E-state index in [0.717, 1.165) is 12.8 Å². The number of urea groups is 1. The van der Waals surface area contributed by atoms with Crippen LogP contribution in [-0.2, 0) is 14.4 Å². The molecule has 4 amide bonds. The second kappa shape index (κ2) is 12.0. The Morgan fingerprint density at radius 2 is 1.81 bits per heavy atom. The van der Waals surface area contributed by atoms with Crippen molar-refractivity contribution in [3.05, 3.63) is 0 Å². The average Bonchev–Trinajstić information content (AvgIpc) is 3.31. The van der Waals surface area contributed by atoms with E-state index in [9.17, 15) is 24.3 Å². The minimum absolute atomic E-state index is 0.0265. The monoisotopic (exact) mass is 552 g/mol. The molecule has 2 heterocycles. The zero-order valence-corrected chi connectivity index (χ0v) is 21.2. The van der Waals surface area contributed by atoms with E-state index in [4.69, 9.17) is 0 Å². The summed E-state index contributed by atoms with van der Waals surface area (Å²) in [6.07, 6.45) is 1.57. The fraction of sp³-hybridized carbons (Fsp3) is 0.810. The summed E-state index contributed by atoms with van der Waals surface area (Å²) < 4.78 is 0.539. The van der Waals surface area contributed by atoms with Crippen LogP contribution in [0.5, 0.6) is 0 Å². The molecule has 0 spiro atoms. The van der Waals surface area contributed by atoms with Crippen molar-refractivity contribution < 1.29 is 24.3 Å². The normalized spacial score (nSPS) is 23.8. The van der Waals surface area contributed by atoms with Gasteiger partial charge in [-0.1, -0.05) is 13.8 Å². The topological polar surface area (TPSA) is 119 Å². The first kappa shape index (κ1) is 25.8. The number of nitrogens with one attached hydrogen (secondary N) is 2. The molecule has 2 saturated heterocycles. The van der Waals surface area contributed by atoms with Gasteiger partial charge in [-0.05, 0) is 12.3 Å². The molecule has 3 N–H and O–H groups in total. The molecule has 0 bridgehead atoms. The summed E-state index contributed by atoms with van der Waals surface area (Å²) >= 11 is -1.26. The van der Waals surface area contributed by atoms with E-state index < -0.39 is 44.0 Å². The number of aliphatic hydroxyl groups excluding tert-OH is 1. The average molecular weight is 552 g/mol. The molecule has 2 aliphatic rings. The van der Waals surface area contributed by atoms with Gasteiger partial charge in [0, 0.05) is 6.54 Å². The molecular weight excluding hydrogens is 515 g/mol. The number of hydrogen-bond acceptors (Lipinski definition) is 5. The van der Waals surface area contributed by atoms with Gasteiger partial charge < -0.3 is 0 Å². The summed E-state index contributed by atoms with van der Waals surface area (Å²) in [5, 5.41) is 15.4. The second-order valence-electron chi connectivity index (χ2n) is 8.94. The Kier molecular flexibility index (Phi) is 9.98. The molecule has 31 heavy (non-hydrogen) atoms. The van der Waals surface area contributed by atoms with E-state index in [1.54, 1.807) is 4.90 Å². The predicted molar refractivity (Wildman–Crippen MR) is 127 cm³/mol. The maximum atomic E-state index is 13.3. The zero-order valence-electron chi connectivity index (χ0n) is 19.0. The summed E-state index contributed by atoms with van der Waals surface area (Å²) in [4.78, 5) is 57.7. The molecule has 10 heteroatoms. The van der Waals surface area contributed by atoms with Crippen LogP contribution < -0.4 is 10.6 Å². The van der Waals surface area contributed by atoms with Crippen LogP contribution in [0.3, 0.4) is 0 Å². The molecule has 0 saturated carbocycles. The molecule has 3 atom stereocenters. The molecule has 2 fully saturated rings. The molecule has 1 unspecified atom stereocenters. The predicted octanol–water partition coefficient (Wildman–Crippen LogP) is 0.620. The van der Waals surface area contributed by atoms with E-state index in [2.05, 4.69) is 34.3 Å². The number of halogens is 1. The van der Waals surface area contributed by atoms with Gasteiger partial charge in [0.05, 0.1) is 0 Å². The third kappa shape index (κ3) is 7.58. The Labute approximate surface area is 192 Å². The fourth-order valence-electron chi connectivity index (χ4n) is 4.02. The van der Waals surface area contributed by atoms with Gasteiger partial charge in [-0.2, -0.15) is 0 Å². The number of hydrogen-bond donors (Lipinski definition) is 3. The number of likely N-dealkylation sites (tertiary alicyclic amines) is 2. The molecule has 2 rings (SSSR count). The molecular formula is C21H37IN4O5.